The molecule has 2 rings (SSSR count). The summed E-state index contributed by atoms with van der Waals surface area (Å²) in [6, 6.07) is 4.79. The lowest BCUT2D eigenvalue weighted by Gasteiger charge is -2.32. The molecule has 1 aromatic rings. The van der Waals surface area contributed by atoms with Gasteiger partial charge in [0.2, 0.25) is 21.1 Å². The van der Waals surface area contributed by atoms with Crippen LogP contribution >= 0.6 is 23.1 Å². The summed E-state index contributed by atoms with van der Waals surface area (Å²) < 4.78 is 0. The molecule has 0 unspecified atom stereocenters. The van der Waals surface area contributed by atoms with E-state index in [9.17, 15) is 0 Å². The van der Waals surface area contributed by atoms with Gasteiger partial charge in [0.05, 0.1) is 0 Å². The van der Waals surface area contributed by atoms with Crippen LogP contribution in [0.5, 0.6) is 0 Å². The standard InChI is InChI=1S/C27H41S2/c1-24(2,3)20-14-18(15-21(28-20)25(4,5)6)13-19-16-22(26(7,8)9)29-23(17-19)27(10,11)12/h13-17H,1-12H3/q+1. The molecule has 0 N–H and O–H groups in total. The average molecular weight is 430 g/mol. The second-order valence-corrected chi connectivity index (χ2v) is 14.6. The van der Waals surface area contributed by atoms with Gasteiger partial charge >= 0.3 is 0 Å². The lowest BCUT2D eigenvalue weighted by Crippen LogP contribution is -2.15. The van der Waals surface area contributed by atoms with Crippen LogP contribution < -0.4 is 0 Å². The van der Waals surface area contributed by atoms with Gasteiger partial charge in [0.15, 0.2) is 0 Å². The second kappa shape index (κ2) is 8.00. The van der Waals surface area contributed by atoms with Crippen molar-refractivity contribution < 1.29 is 0 Å². The molecule has 0 amide bonds. The Balaban J connectivity index is 2.67. The molecular weight excluding hydrogens is 388 g/mol. The number of rotatable bonds is 1. The number of thioether (sulfide) groups is 1. The van der Waals surface area contributed by atoms with E-state index in [0.717, 1.165) is 0 Å². The summed E-state index contributed by atoms with van der Waals surface area (Å²) >= 11 is 3.92. The third-order valence-electron chi connectivity index (χ3n) is 4.92. The van der Waals surface area contributed by atoms with E-state index >= 15 is 0 Å². The highest BCUT2D eigenvalue weighted by Crippen LogP contribution is 2.49. The van der Waals surface area contributed by atoms with E-state index in [1.165, 1.54) is 30.7 Å². The van der Waals surface area contributed by atoms with Gasteiger partial charge in [-0.25, -0.2) is 0 Å². The minimum absolute atomic E-state index is 0.153. The van der Waals surface area contributed by atoms with E-state index in [-0.39, 0.29) is 21.7 Å². The monoisotopic (exact) mass is 429 g/mol. The highest BCUT2D eigenvalue weighted by molar-refractivity contribution is 8.06. The maximum absolute atomic E-state index is 2.39. The largest absolute Gasteiger partial charge is 0.219 e. The summed E-state index contributed by atoms with van der Waals surface area (Å²) in [4.78, 5) is 5.79. The Bertz CT molecular complexity index is 788. The average Bonchev–Trinajstić information content (AvgIpc) is 2.51. The van der Waals surface area contributed by atoms with E-state index < -0.39 is 0 Å². The van der Waals surface area contributed by atoms with Gasteiger partial charge in [-0.2, -0.15) is 0 Å². The molecule has 1 aliphatic heterocycles. The molecule has 0 saturated carbocycles. The van der Waals surface area contributed by atoms with E-state index in [4.69, 9.17) is 0 Å². The lowest BCUT2D eigenvalue weighted by molar-refractivity contribution is 0.521. The Morgan fingerprint density at radius 3 is 1.31 bits per heavy atom. The van der Waals surface area contributed by atoms with Crippen molar-refractivity contribution in [3.8, 4) is 0 Å². The fourth-order valence-electron chi connectivity index (χ4n) is 2.88. The SMILES string of the molecule is CC(C)(C)C1=CC(=Cc2cc(C(C)(C)C)[s+]c(C(C)(C)C)c2)C=C(C(C)(C)C)S1. The zero-order valence-electron chi connectivity index (χ0n) is 20.7. The fourth-order valence-corrected chi connectivity index (χ4v) is 5.36. The molecule has 0 nitrogen and oxygen atoms in total. The number of hydrogen-bond acceptors (Lipinski definition) is 1. The molecule has 0 spiro atoms. The van der Waals surface area contributed by atoms with Crippen molar-refractivity contribution in [2.75, 3.05) is 0 Å². The first-order valence-corrected chi connectivity index (χ1v) is 12.3. The van der Waals surface area contributed by atoms with Crippen molar-refractivity contribution in [1.82, 2.24) is 0 Å². The van der Waals surface area contributed by atoms with Gasteiger partial charge in [-0.3, -0.25) is 0 Å². The highest BCUT2D eigenvalue weighted by atomic mass is 32.2. The fraction of sp³-hybridized carbons (Fsp3) is 0.593. The van der Waals surface area contributed by atoms with Crippen molar-refractivity contribution in [3.05, 3.63) is 55.0 Å². The van der Waals surface area contributed by atoms with Gasteiger partial charge in [0.1, 0.15) is 0 Å². The van der Waals surface area contributed by atoms with Crippen molar-refractivity contribution >= 4 is 29.2 Å². The topological polar surface area (TPSA) is 0 Å². The van der Waals surface area contributed by atoms with Crippen molar-refractivity contribution in [1.29, 1.82) is 0 Å². The minimum Gasteiger partial charge on any atom is -0.0978 e. The predicted molar refractivity (Wildman–Crippen MR) is 137 cm³/mol. The molecule has 0 fully saturated rings. The molecule has 0 atom stereocenters. The van der Waals surface area contributed by atoms with Crippen LogP contribution in [0.3, 0.4) is 0 Å². The van der Waals surface area contributed by atoms with Crippen LogP contribution in [0, 0.1) is 10.8 Å². The van der Waals surface area contributed by atoms with Crippen LogP contribution in [0.1, 0.15) is 98.4 Å². The van der Waals surface area contributed by atoms with E-state index in [1.54, 1.807) is 0 Å². The normalized spacial score (nSPS) is 16.5. The van der Waals surface area contributed by atoms with Crippen LogP contribution in [-0.4, -0.2) is 0 Å². The van der Waals surface area contributed by atoms with E-state index in [0.29, 0.717) is 0 Å². The Morgan fingerprint density at radius 2 is 1.00 bits per heavy atom. The first-order chi connectivity index (χ1) is 12.9. The van der Waals surface area contributed by atoms with Gasteiger partial charge in [-0.15, -0.1) is 0 Å². The molecule has 0 aliphatic carbocycles. The summed E-state index contributed by atoms with van der Waals surface area (Å²) in [5.74, 6) is 0. The van der Waals surface area contributed by atoms with Crippen LogP contribution in [0.4, 0.5) is 0 Å². The summed E-state index contributed by atoms with van der Waals surface area (Å²) in [6.45, 7) is 27.8. The third-order valence-corrected chi connectivity index (χ3v) is 8.72. The highest BCUT2D eigenvalue weighted by Gasteiger charge is 2.32. The Kier molecular flexibility index (Phi) is 6.74. The molecule has 1 aromatic heterocycles. The van der Waals surface area contributed by atoms with Gasteiger partial charge in [-0.05, 0) is 50.0 Å². The summed E-state index contributed by atoms with van der Waals surface area (Å²) in [5, 5.41) is 0. The van der Waals surface area contributed by atoms with Crippen LogP contribution in [0.25, 0.3) is 6.08 Å². The van der Waals surface area contributed by atoms with Gasteiger partial charge in [-0.1, -0.05) is 94.8 Å². The first kappa shape index (κ1) is 24.4. The molecule has 0 saturated heterocycles. The predicted octanol–water partition coefficient (Wildman–Crippen LogP) is 9.61. The van der Waals surface area contributed by atoms with Crippen LogP contribution in [-0.2, 0) is 10.8 Å². The van der Waals surface area contributed by atoms with Crippen molar-refractivity contribution in [2.24, 2.45) is 10.8 Å². The Hall–Kier alpha value is -0.860. The van der Waals surface area contributed by atoms with Gasteiger partial charge < -0.3 is 0 Å². The molecule has 2 heterocycles. The molecule has 2 heteroatoms. The molecule has 0 aromatic carbocycles. The van der Waals surface area contributed by atoms with Crippen LogP contribution in [0.2, 0.25) is 0 Å². The summed E-state index contributed by atoms with van der Waals surface area (Å²) in [7, 11) is 0. The molecule has 0 radical (unpaired) electrons. The Morgan fingerprint density at radius 1 is 0.621 bits per heavy atom. The Labute approximate surface area is 188 Å². The molecule has 0 bridgehead atoms. The molecule has 29 heavy (non-hydrogen) atoms. The zero-order valence-corrected chi connectivity index (χ0v) is 22.3. The minimum atomic E-state index is 0.153. The molecule has 160 valence electrons. The van der Waals surface area contributed by atoms with Gasteiger partial charge in [0, 0.05) is 23.0 Å². The molecule has 1 aliphatic rings. The smallest absolute Gasteiger partial charge is 0.0978 e. The van der Waals surface area contributed by atoms with E-state index in [2.05, 4.69) is 113 Å². The lowest BCUT2D eigenvalue weighted by atomic mass is 9.90. The van der Waals surface area contributed by atoms with E-state index in [1.807, 2.05) is 23.1 Å². The third kappa shape index (κ3) is 6.56. The molecular formula is C27H41S2+. The number of allylic oxidation sites excluding steroid dienone is 5. The summed E-state index contributed by atoms with van der Waals surface area (Å²) in [6.07, 6.45) is 7.17. The number of hydrogen-bond donors (Lipinski definition) is 0. The zero-order chi connectivity index (χ0) is 22.4. The maximum atomic E-state index is 2.39. The van der Waals surface area contributed by atoms with Crippen LogP contribution in [0.15, 0.2) is 39.7 Å². The second-order valence-electron chi connectivity index (χ2n) is 12.4. The quantitative estimate of drug-likeness (QED) is 0.400. The van der Waals surface area contributed by atoms with Crippen molar-refractivity contribution in [2.45, 2.75) is 93.9 Å². The summed E-state index contributed by atoms with van der Waals surface area (Å²) in [5.41, 5.74) is 3.24. The maximum Gasteiger partial charge on any atom is 0.219 e. The van der Waals surface area contributed by atoms with Crippen molar-refractivity contribution in [3.63, 3.8) is 0 Å². The van der Waals surface area contributed by atoms with Gasteiger partial charge in [0.25, 0.3) is 0 Å². The first-order valence-electron chi connectivity index (χ1n) is 10.7.